The average molecular weight is 233 g/mol. The van der Waals surface area contributed by atoms with Gasteiger partial charge in [-0.2, -0.15) is 0 Å². The molecule has 17 heavy (non-hydrogen) atoms. The Morgan fingerprint density at radius 2 is 1.76 bits per heavy atom. The highest BCUT2D eigenvalue weighted by Gasteiger charge is 2.18. The normalized spacial score (nSPS) is 15.6. The lowest BCUT2D eigenvalue weighted by molar-refractivity contribution is 0.476. The number of rotatable bonds is 4. The summed E-state index contributed by atoms with van der Waals surface area (Å²) in [6, 6.07) is 2.50. The first kappa shape index (κ1) is 12.7. The van der Waals surface area contributed by atoms with Crippen LogP contribution < -0.4 is 0 Å². The molecule has 1 heteroatoms. The van der Waals surface area contributed by atoms with Crippen LogP contribution in [0.15, 0.2) is 6.07 Å². The predicted octanol–water partition coefficient (Wildman–Crippen LogP) is 4.22. The smallest absolute Gasteiger partial charge is 0.0248 e. The van der Waals surface area contributed by atoms with Crippen LogP contribution in [0, 0.1) is 11.8 Å². The van der Waals surface area contributed by atoms with E-state index in [1.807, 2.05) is 0 Å². The van der Waals surface area contributed by atoms with Crippen molar-refractivity contribution < 1.29 is 0 Å². The minimum absolute atomic E-state index is 0.749. The summed E-state index contributed by atoms with van der Waals surface area (Å²) in [4.78, 5) is 0. The van der Waals surface area contributed by atoms with E-state index >= 15 is 0 Å². The SMILES string of the molecule is CC(C)Cc1cc2c(n1CC(C)C)CCCC2. The van der Waals surface area contributed by atoms with Crippen LogP contribution >= 0.6 is 0 Å². The summed E-state index contributed by atoms with van der Waals surface area (Å²) in [5.74, 6) is 1.51. The Balaban J connectivity index is 2.32. The molecule has 1 aliphatic rings. The van der Waals surface area contributed by atoms with Gasteiger partial charge in [-0.3, -0.25) is 0 Å². The van der Waals surface area contributed by atoms with Gasteiger partial charge in [0.15, 0.2) is 0 Å². The van der Waals surface area contributed by atoms with Crippen molar-refractivity contribution >= 4 is 0 Å². The Kier molecular flexibility index (Phi) is 3.96. The predicted molar refractivity (Wildman–Crippen MR) is 74.5 cm³/mol. The maximum Gasteiger partial charge on any atom is 0.0248 e. The molecule has 0 saturated carbocycles. The topological polar surface area (TPSA) is 4.93 Å². The van der Waals surface area contributed by atoms with E-state index in [4.69, 9.17) is 0 Å². The van der Waals surface area contributed by atoms with Gasteiger partial charge in [-0.05, 0) is 55.6 Å². The van der Waals surface area contributed by atoms with Crippen molar-refractivity contribution in [2.75, 3.05) is 0 Å². The van der Waals surface area contributed by atoms with Crippen LogP contribution in [0.2, 0.25) is 0 Å². The van der Waals surface area contributed by atoms with Gasteiger partial charge in [0.05, 0.1) is 0 Å². The van der Waals surface area contributed by atoms with Crippen molar-refractivity contribution in [3.05, 3.63) is 23.0 Å². The summed E-state index contributed by atoms with van der Waals surface area (Å²) in [6.07, 6.45) is 6.63. The molecule has 1 aromatic rings. The highest BCUT2D eigenvalue weighted by molar-refractivity contribution is 5.30. The standard InChI is InChI=1S/C16H27N/c1-12(2)9-15-10-14-7-5-6-8-16(14)17(15)11-13(3)4/h10,12-13H,5-9,11H2,1-4H3. The van der Waals surface area contributed by atoms with Gasteiger partial charge in [0.2, 0.25) is 0 Å². The molecule has 0 saturated heterocycles. The van der Waals surface area contributed by atoms with E-state index in [-0.39, 0.29) is 0 Å². The summed E-state index contributed by atoms with van der Waals surface area (Å²) in [7, 11) is 0. The number of nitrogens with zero attached hydrogens (tertiary/aromatic N) is 1. The maximum atomic E-state index is 2.64. The molecule has 0 bridgehead atoms. The summed E-state index contributed by atoms with van der Waals surface area (Å²) >= 11 is 0. The Morgan fingerprint density at radius 1 is 1.06 bits per heavy atom. The van der Waals surface area contributed by atoms with Crippen LogP contribution in [-0.2, 0) is 25.8 Å². The molecule has 0 fully saturated rings. The van der Waals surface area contributed by atoms with E-state index in [1.54, 1.807) is 17.0 Å². The molecule has 1 aromatic heterocycles. The van der Waals surface area contributed by atoms with Gasteiger partial charge >= 0.3 is 0 Å². The van der Waals surface area contributed by atoms with Crippen molar-refractivity contribution in [1.82, 2.24) is 4.57 Å². The van der Waals surface area contributed by atoms with Crippen molar-refractivity contribution in [2.24, 2.45) is 11.8 Å². The van der Waals surface area contributed by atoms with E-state index in [9.17, 15) is 0 Å². The van der Waals surface area contributed by atoms with Gasteiger partial charge in [0.1, 0.15) is 0 Å². The second-order valence-corrected chi connectivity index (χ2v) is 6.42. The lowest BCUT2D eigenvalue weighted by Crippen LogP contribution is -2.14. The number of hydrogen-bond donors (Lipinski definition) is 0. The zero-order valence-electron chi connectivity index (χ0n) is 11.9. The van der Waals surface area contributed by atoms with Gasteiger partial charge in [-0.25, -0.2) is 0 Å². The van der Waals surface area contributed by atoms with Crippen molar-refractivity contribution in [1.29, 1.82) is 0 Å². The zero-order chi connectivity index (χ0) is 12.4. The Bertz CT molecular complexity index is 371. The largest absolute Gasteiger partial charge is 0.348 e. The third kappa shape index (κ3) is 2.94. The van der Waals surface area contributed by atoms with Crippen molar-refractivity contribution in [3.63, 3.8) is 0 Å². The number of aromatic nitrogens is 1. The minimum atomic E-state index is 0.749. The van der Waals surface area contributed by atoms with E-state index in [1.165, 1.54) is 38.6 Å². The van der Waals surface area contributed by atoms with Gasteiger partial charge in [-0.15, -0.1) is 0 Å². The Morgan fingerprint density at radius 3 is 2.41 bits per heavy atom. The molecule has 1 nitrogen and oxygen atoms in total. The van der Waals surface area contributed by atoms with E-state index in [0.717, 1.165) is 11.8 Å². The van der Waals surface area contributed by atoms with Crippen LogP contribution in [0.25, 0.3) is 0 Å². The first-order valence-electron chi connectivity index (χ1n) is 7.28. The lowest BCUT2D eigenvalue weighted by atomic mass is 9.98. The molecule has 0 unspecified atom stereocenters. The molecule has 1 heterocycles. The third-order valence-electron chi connectivity index (χ3n) is 3.66. The minimum Gasteiger partial charge on any atom is -0.348 e. The average Bonchev–Trinajstić information content (AvgIpc) is 2.55. The molecule has 0 aromatic carbocycles. The summed E-state index contributed by atoms with van der Waals surface area (Å²) < 4.78 is 2.64. The quantitative estimate of drug-likeness (QED) is 0.733. The monoisotopic (exact) mass is 233 g/mol. The fourth-order valence-corrected chi connectivity index (χ4v) is 3.01. The fourth-order valence-electron chi connectivity index (χ4n) is 3.01. The van der Waals surface area contributed by atoms with Crippen LogP contribution in [0.4, 0.5) is 0 Å². The number of hydrogen-bond acceptors (Lipinski definition) is 0. The molecular weight excluding hydrogens is 206 g/mol. The molecule has 0 radical (unpaired) electrons. The first-order chi connectivity index (χ1) is 8.08. The molecule has 0 amide bonds. The van der Waals surface area contributed by atoms with Crippen LogP contribution in [0.3, 0.4) is 0 Å². The molecule has 0 aliphatic heterocycles. The van der Waals surface area contributed by atoms with Crippen LogP contribution in [-0.4, -0.2) is 4.57 Å². The molecule has 0 atom stereocenters. The molecular formula is C16H27N. The number of fused-ring (bicyclic) bond motifs is 1. The van der Waals surface area contributed by atoms with E-state index in [2.05, 4.69) is 38.3 Å². The fraction of sp³-hybridized carbons (Fsp3) is 0.750. The van der Waals surface area contributed by atoms with Gasteiger partial charge < -0.3 is 4.57 Å². The Labute approximate surface area is 106 Å². The van der Waals surface area contributed by atoms with Gasteiger partial charge in [-0.1, -0.05) is 27.7 Å². The maximum absolute atomic E-state index is 2.64. The van der Waals surface area contributed by atoms with Crippen LogP contribution in [0.5, 0.6) is 0 Å². The molecule has 0 spiro atoms. The highest BCUT2D eigenvalue weighted by Crippen LogP contribution is 2.27. The first-order valence-corrected chi connectivity index (χ1v) is 7.28. The van der Waals surface area contributed by atoms with Crippen LogP contribution in [0.1, 0.15) is 57.5 Å². The van der Waals surface area contributed by atoms with Crippen molar-refractivity contribution in [2.45, 2.75) is 66.3 Å². The summed E-state index contributed by atoms with van der Waals surface area (Å²) in [6.45, 7) is 10.5. The lowest BCUT2D eigenvalue weighted by Gasteiger charge is -2.19. The third-order valence-corrected chi connectivity index (χ3v) is 3.66. The highest BCUT2D eigenvalue weighted by atomic mass is 15.0. The number of aryl methyl sites for hydroxylation is 1. The van der Waals surface area contributed by atoms with E-state index < -0.39 is 0 Å². The second kappa shape index (κ2) is 5.29. The second-order valence-electron chi connectivity index (χ2n) is 6.42. The van der Waals surface area contributed by atoms with Crippen molar-refractivity contribution in [3.8, 4) is 0 Å². The summed E-state index contributed by atoms with van der Waals surface area (Å²) in [5.41, 5.74) is 4.88. The summed E-state index contributed by atoms with van der Waals surface area (Å²) in [5, 5.41) is 0. The van der Waals surface area contributed by atoms with Gasteiger partial charge in [0.25, 0.3) is 0 Å². The Hall–Kier alpha value is -0.720. The zero-order valence-corrected chi connectivity index (χ0v) is 11.9. The van der Waals surface area contributed by atoms with Gasteiger partial charge in [0, 0.05) is 17.9 Å². The molecule has 2 rings (SSSR count). The molecule has 96 valence electrons. The van der Waals surface area contributed by atoms with E-state index in [0.29, 0.717) is 0 Å². The molecule has 0 N–H and O–H groups in total. The molecule has 1 aliphatic carbocycles.